The van der Waals surface area contributed by atoms with Crippen LogP contribution >= 0.6 is 0 Å². The van der Waals surface area contributed by atoms with Crippen molar-refractivity contribution in [3.63, 3.8) is 0 Å². The molecule has 2 spiro atoms. The summed E-state index contributed by atoms with van der Waals surface area (Å²) in [6.45, 7) is 2.48. The molecule has 0 amide bonds. The van der Waals surface area contributed by atoms with Gasteiger partial charge in [-0.25, -0.2) is 0 Å². The van der Waals surface area contributed by atoms with Gasteiger partial charge >= 0.3 is 15.6 Å². The van der Waals surface area contributed by atoms with Gasteiger partial charge in [0.25, 0.3) is 0 Å². The average molecular weight is 557 g/mol. The molecule has 8 nitrogen and oxygen atoms in total. The number of Topliss-reactive ketones (excluding diaryl/α,β-unsaturated/α-hetero) is 1. The highest BCUT2D eigenvalue weighted by atomic mass is 32.2. The fourth-order valence-electron chi connectivity index (χ4n) is 6.77. The Hall–Kier alpha value is -1.21. The molecular weight excluding hydrogens is 517 g/mol. The number of fused-ring (bicyclic) bond motifs is 4. The van der Waals surface area contributed by atoms with Crippen LogP contribution in [0.3, 0.4) is 0 Å². The normalized spacial score (nSPS) is 33.5. The second-order valence-corrected chi connectivity index (χ2v) is 12.2. The Kier molecular flexibility index (Phi) is 9.11. The first kappa shape index (κ1) is 30.3. The summed E-state index contributed by atoms with van der Waals surface area (Å²) in [5.41, 5.74) is -5.40. The van der Waals surface area contributed by atoms with E-state index in [-0.39, 0.29) is 44.7 Å². The molecule has 5 fully saturated rings. The van der Waals surface area contributed by atoms with Gasteiger partial charge in [-0.1, -0.05) is 14.9 Å². The molecule has 4 atom stereocenters. The van der Waals surface area contributed by atoms with Crippen LogP contribution < -0.4 is 0 Å². The van der Waals surface area contributed by atoms with Crippen LogP contribution in [0, 0.1) is 23.7 Å². The number of ether oxygens (including phenoxy) is 4. The van der Waals surface area contributed by atoms with Crippen molar-refractivity contribution in [2.45, 2.75) is 89.7 Å². The smallest absolute Gasteiger partial charge is 0.381 e. The van der Waals surface area contributed by atoms with Crippen LogP contribution in [-0.4, -0.2) is 57.7 Å². The van der Waals surface area contributed by atoms with E-state index in [2.05, 4.69) is 4.18 Å². The van der Waals surface area contributed by atoms with E-state index in [4.69, 9.17) is 18.9 Å². The van der Waals surface area contributed by atoms with Crippen molar-refractivity contribution in [3.8, 4) is 0 Å². The van der Waals surface area contributed by atoms with Crippen LogP contribution in [0.1, 0.15) is 72.6 Å². The van der Waals surface area contributed by atoms with E-state index in [9.17, 15) is 26.4 Å². The van der Waals surface area contributed by atoms with Gasteiger partial charge in [0, 0.05) is 44.9 Å². The number of hydrogen-bond acceptors (Lipinski definition) is 8. The summed E-state index contributed by atoms with van der Waals surface area (Å²) < 4.78 is 86.1. The van der Waals surface area contributed by atoms with Gasteiger partial charge < -0.3 is 23.1 Å². The van der Waals surface area contributed by atoms with E-state index in [1.54, 1.807) is 0 Å². The highest BCUT2D eigenvalue weighted by Gasteiger charge is 2.51. The second-order valence-electron chi connectivity index (χ2n) is 10.6. The molecule has 2 heterocycles. The van der Waals surface area contributed by atoms with Gasteiger partial charge in [-0.05, 0) is 42.6 Å². The van der Waals surface area contributed by atoms with Crippen molar-refractivity contribution >= 4 is 15.9 Å². The van der Waals surface area contributed by atoms with Crippen LogP contribution in [0.2, 0.25) is 0 Å². The van der Waals surface area contributed by atoms with Gasteiger partial charge in [0.15, 0.2) is 11.6 Å². The van der Waals surface area contributed by atoms with Crippen LogP contribution in [0.15, 0.2) is 11.8 Å². The number of carbonyl (C=O) groups excluding carboxylic acids is 1. The lowest BCUT2D eigenvalue weighted by Gasteiger charge is -2.43. The van der Waals surface area contributed by atoms with E-state index in [0.29, 0.717) is 43.7 Å². The van der Waals surface area contributed by atoms with Crippen molar-refractivity contribution in [1.82, 2.24) is 0 Å². The molecule has 0 aromatic carbocycles. The number of hydrogen-bond donors (Lipinski definition) is 0. The molecule has 6 aliphatic rings. The minimum absolute atomic E-state index is 0. The number of allylic oxidation sites excluding steroid dienone is 2. The fourth-order valence-corrected chi connectivity index (χ4v) is 7.27. The first-order valence-corrected chi connectivity index (χ1v) is 13.6. The highest BCUT2D eigenvalue weighted by Crippen LogP contribution is 2.48. The van der Waals surface area contributed by atoms with Gasteiger partial charge in [-0.2, -0.15) is 21.6 Å². The Labute approximate surface area is 217 Å². The summed E-state index contributed by atoms with van der Waals surface area (Å²) in [6, 6.07) is 0. The van der Waals surface area contributed by atoms with Gasteiger partial charge in [0.1, 0.15) is 11.5 Å². The molecule has 0 aromatic heterocycles. The number of alkyl halides is 3. The summed E-state index contributed by atoms with van der Waals surface area (Å²) in [5, 5.41) is 0. The summed E-state index contributed by atoms with van der Waals surface area (Å²) in [4.78, 5) is 11.4. The molecule has 4 bridgehead atoms. The molecule has 4 aliphatic carbocycles. The molecule has 0 N–H and O–H groups in total. The van der Waals surface area contributed by atoms with E-state index < -0.39 is 21.4 Å². The average Bonchev–Trinajstić information content (AvgIpc) is 3.35. The molecule has 0 aromatic rings. The highest BCUT2D eigenvalue weighted by molar-refractivity contribution is 7.87. The Morgan fingerprint density at radius 1 is 0.784 bits per heavy atom. The Bertz CT molecular complexity index is 933. The standard InChI is InChI=1S/C12H15F3O5S.C11H16O3.2CH4/c13-12(14,15)21(16,17)20-10-4-8-3-9(5-10)7-11(6-8)18-1-2-19-11;12-10-4-8-3-9(5-10)7-11(6-8)13-1-2-14-11;;/h4,8-9H,1-3,5-7H2;8-9H,1-7H2;2*1H4. The van der Waals surface area contributed by atoms with Gasteiger partial charge in [0.2, 0.25) is 0 Å². The number of rotatable bonds is 2. The largest absolute Gasteiger partial charge is 0.534 e. The third-order valence-corrected chi connectivity index (χ3v) is 8.75. The Morgan fingerprint density at radius 3 is 1.70 bits per heavy atom. The molecule has 2 saturated heterocycles. The lowest BCUT2D eigenvalue weighted by atomic mass is 9.69. The molecule has 4 unspecified atom stereocenters. The van der Waals surface area contributed by atoms with Crippen LogP contribution in [0.4, 0.5) is 13.2 Å². The number of halogens is 3. The zero-order chi connectivity index (χ0) is 24.9. The molecule has 0 radical (unpaired) electrons. The fraction of sp³-hybridized carbons (Fsp3) is 0.880. The predicted molar refractivity (Wildman–Crippen MR) is 127 cm³/mol. The van der Waals surface area contributed by atoms with Crippen LogP contribution in [0.25, 0.3) is 0 Å². The predicted octanol–water partition coefficient (Wildman–Crippen LogP) is 5.08. The van der Waals surface area contributed by atoms with E-state index in [1.807, 2.05) is 0 Å². The topological polar surface area (TPSA) is 97.4 Å². The van der Waals surface area contributed by atoms with E-state index >= 15 is 0 Å². The third kappa shape index (κ3) is 6.69. The van der Waals surface area contributed by atoms with Crippen LogP contribution in [-0.2, 0) is 38.0 Å². The van der Waals surface area contributed by atoms with E-state index in [1.165, 1.54) is 12.5 Å². The SMILES string of the molecule is C.C.O=C1CC2CC(C1)CC1(C2)OCCO1.O=S(=O)(OC1=CC2CC(C1)CC1(C2)OCCO1)C(F)(F)F. The van der Waals surface area contributed by atoms with Crippen molar-refractivity contribution in [2.24, 2.45) is 23.7 Å². The Balaban J connectivity index is 0.000000208. The molecule has 37 heavy (non-hydrogen) atoms. The first-order chi connectivity index (χ1) is 16.4. The van der Waals surface area contributed by atoms with Crippen molar-refractivity contribution < 1.29 is 49.5 Å². The molecule has 12 heteroatoms. The summed E-state index contributed by atoms with van der Waals surface area (Å²) in [6.07, 6.45) is 8.07. The van der Waals surface area contributed by atoms with Gasteiger partial charge in [0.05, 0.1) is 26.4 Å². The third-order valence-electron chi connectivity index (χ3n) is 7.75. The maximum Gasteiger partial charge on any atom is 0.534 e. The quantitative estimate of drug-likeness (QED) is 0.343. The maximum atomic E-state index is 12.3. The second kappa shape index (κ2) is 11.1. The Morgan fingerprint density at radius 2 is 1.24 bits per heavy atom. The molecule has 2 aliphatic heterocycles. The molecule has 214 valence electrons. The molecule has 6 rings (SSSR count). The monoisotopic (exact) mass is 556 g/mol. The molecule has 3 saturated carbocycles. The summed E-state index contributed by atoms with van der Waals surface area (Å²) in [5.74, 6) is 0.327. The minimum Gasteiger partial charge on any atom is -0.381 e. The van der Waals surface area contributed by atoms with Crippen molar-refractivity contribution in [1.29, 1.82) is 0 Å². The first-order valence-electron chi connectivity index (χ1n) is 12.2. The van der Waals surface area contributed by atoms with Crippen LogP contribution in [0.5, 0.6) is 0 Å². The van der Waals surface area contributed by atoms with Gasteiger partial charge in [-0.15, -0.1) is 0 Å². The zero-order valence-corrected chi connectivity index (χ0v) is 20.2. The molecular formula is C25H39F3O8S. The maximum absolute atomic E-state index is 12.3. The minimum atomic E-state index is -5.59. The van der Waals surface area contributed by atoms with Crippen molar-refractivity contribution in [2.75, 3.05) is 26.4 Å². The van der Waals surface area contributed by atoms with Crippen molar-refractivity contribution in [3.05, 3.63) is 11.8 Å². The summed E-state index contributed by atoms with van der Waals surface area (Å²) >= 11 is 0. The lowest BCUT2D eigenvalue weighted by molar-refractivity contribution is -0.202. The number of carbonyl (C=O) groups is 1. The zero-order valence-electron chi connectivity index (χ0n) is 19.4. The van der Waals surface area contributed by atoms with Gasteiger partial charge in [-0.3, -0.25) is 4.79 Å². The number of ketones is 1. The van der Waals surface area contributed by atoms with E-state index in [0.717, 1.165) is 45.3 Å². The lowest BCUT2D eigenvalue weighted by Crippen LogP contribution is -2.43. The summed E-state index contributed by atoms with van der Waals surface area (Å²) in [7, 11) is -5.59.